The standard InChI is InChI=1S/C17H15ClF2N6O/c18-14(13(21)10-4-2-1-3-5-10)26(22)9-12-7-6-11(8-23-12)16-24-25-17(27-16)15(19)20/h1-8,15H,9,21-22H2/b14-13-. The van der Waals surface area contributed by atoms with Crippen molar-refractivity contribution in [1.29, 1.82) is 0 Å². The molecule has 0 amide bonds. The van der Waals surface area contributed by atoms with Gasteiger partial charge in [0.05, 0.1) is 23.5 Å². The summed E-state index contributed by atoms with van der Waals surface area (Å²) in [4.78, 5) is 4.20. The molecule has 0 aliphatic heterocycles. The molecule has 0 bridgehead atoms. The molecule has 2 heterocycles. The van der Waals surface area contributed by atoms with Crippen molar-refractivity contribution >= 4 is 17.3 Å². The van der Waals surface area contributed by atoms with E-state index in [1.807, 2.05) is 30.3 Å². The topological polar surface area (TPSA) is 107 Å². The molecule has 0 aliphatic rings. The van der Waals surface area contributed by atoms with Crippen LogP contribution < -0.4 is 11.6 Å². The lowest BCUT2D eigenvalue weighted by molar-refractivity contribution is 0.116. The Bertz CT molecular complexity index is 930. The first kappa shape index (κ1) is 18.7. The van der Waals surface area contributed by atoms with Crippen LogP contribution in [0.4, 0.5) is 8.78 Å². The molecule has 0 saturated heterocycles. The molecule has 27 heavy (non-hydrogen) atoms. The Morgan fingerprint density at radius 2 is 1.89 bits per heavy atom. The van der Waals surface area contributed by atoms with E-state index in [0.717, 1.165) is 5.56 Å². The van der Waals surface area contributed by atoms with Crippen molar-refractivity contribution < 1.29 is 13.2 Å². The lowest BCUT2D eigenvalue weighted by Gasteiger charge is -2.19. The highest BCUT2D eigenvalue weighted by molar-refractivity contribution is 6.32. The predicted octanol–water partition coefficient (Wildman–Crippen LogP) is 3.27. The molecule has 0 unspecified atom stereocenters. The summed E-state index contributed by atoms with van der Waals surface area (Å²) in [5, 5.41) is 8.27. The van der Waals surface area contributed by atoms with Crippen molar-refractivity contribution in [3.05, 3.63) is 71.0 Å². The third-order valence-electron chi connectivity index (χ3n) is 3.59. The minimum atomic E-state index is -2.83. The van der Waals surface area contributed by atoms with Crippen molar-refractivity contribution in [2.24, 2.45) is 11.6 Å². The van der Waals surface area contributed by atoms with Crippen LogP contribution in [0.15, 0.2) is 58.2 Å². The summed E-state index contributed by atoms with van der Waals surface area (Å²) in [6.07, 6.45) is -1.40. The van der Waals surface area contributed by atoms with Gasteiger partial charge in [-0.1, -0.05) is 41.9 Å². The molecule has 0 radical (unpaired) electrons. The molecule has 2 aromatic heterocycles. The zero-order chi connectivity index (χ0) is 19.4. The van der Waals surface area contributed by atoms with Gasteiger partial charge >= 0.3 is 6.43 Å². The number of pyridine rings is 1. The van der Waals surface area contributed by atoms with Crippen molar-refractivity contribution in [1.82, 2.24) is 20.2 Å². The molecule has 0 fully saturated rings. The second-order valence-electron chi connectivity index (χ2n) is 5.48. The van der Waals surface area contributed by atoms with Gasteiger partial charge in [0, 0.05) is 11.8 Å². The summed E-state index contributed by atoms with van der Waals surface area (Å²) in [7, 11) is 0. The smallest absolute Gasteiger partial charge is 0.314 e. The summed E-state index contributed by atoms with van der Waals surface area (Å²) in [5.74, 6) is 5.19. The Labute approximate surface area is 158 Å². The number of rotatable bonds is 6. The second-order valence-corrected chi connectivity index (χ2v) is 5.84. The molecule has 7 nitrogen and oxygen atoms in total. The minimum absolute atomic E-state index is 0.0415. The van der Waals surface area contributed by atoms with Gasteiger partial charge in [-0.15, -0.1) is 10.2 Å². The average Bonchev–Trinajstić information content (AvgIpc) is 3.18. The molecule has 0 aliphatic carbocycles. The number of nitrogens with two attached hydrogens (primary N) is 2. The molecule has 0 saturated carbocycles. The van der Waals surface area contributed by atoms with Crippen LogP contribution in [0, 0.1) is 0 Å². The van der Waals surface area contributed by atoms with Crippen LogP contribution in [-0.2, 0) is 6.54 Å². The summed E-state index contributed by atoms with van der Waals surface area (Å²) >= 11 is 6.25. The summed E-state index contributed by atoms with van der Waals surface area (Å²) in [5.41, 5.74) is 8.10. The van der Waals surface area contributed by atoms with Crippen molar-refractivity contribution in [2.75, 3.05) is 0 Å². The lowest BCUT2D eigenvalue weighted by atomic mass is 10.2. The highest BCUT2D eigenvalue weighted by Gasteiger charge is 2.17. The van der Waals surface area contributed by atoms with Crippen LogP contribution in [0.5, 0.6) is 0 Å². The Hall–Kier alpha value is -3.04. The lowest BCUT2D eigenvalue weighted by Crippen LogP contribution is -2.29. The predicted molar refractivity (Wildman–Crippen MR) is 95.6 cm³/mol. The van der Waals surface area contributed by atoms with Gasteiger partial charge in [0.15, 0.2) is 0 Å². The fourth-order valence-electron chi connectivity index (χ4n) is 2.22. The number of hydrogen-bond donors (Lipinski definition) is 2. The average molecular weight is 393 g/mol. The van der Waals surface area contributed by atoms with Crippen LogP contribution >= 0.6 is 11.6 Å². The molecule has 10 heteroatoms. The van der Waals surface area contributed by atoms with Gasteiger partial charge in [0.25, 0.3) is 5.89 Å². The Morgan fingerprint density at radius 1 is 1.15 bits per heavy atom. The first-order valence-electron chi connectivity index (χ1n) is 7.75. The molecular weight excluding hydrogens is 378 g/mol. The van der Waals surface area contributed by atoms with E-state index in [2.05, 4.69) is 15.2 Å². The molecule has 4 N–H and O–H groups in total. The quantitative estimate of drug-likeness (QED) is 0.376. The van der Waals surface area contributed by atoms with E-state index in [1.165, 1.54) is 11.2 Å². The molecule has 3 aromatic rings. The van der Waals surface area contributed by atoms with Crippen molar-refractivity contribution in [3.8, 4) is 11.5 Å². The summed E-state index contributed by atoms with van der Waals surface area (Å²) < 4.78 is 29.9. The first-order valence-corrected chi connectivity index (χ1v) is 8.13. The molecule has 1 aromatic carbocycles. The third-order valence-corrected chi connectivity index (χ3v) is 4.01. The minimum Gasteiger partial charge on any atom is -0.415 e. The van der Waals surface area contributed by atoms with Gasteiger partial charge in [-0.25, -0.2) is 5.84 Å². The van der Waals surface area contributed by atoms with Crippen molar-refractivity contribution in [3.63, 3.8) is 0 Å². The Balaban J connectivity index is 1.72. The Kier molecular flexibility index (Phi) is 5.63. The highest BCUT2D eigenvalue weighted by Crippen LogP contribution is 2.23. The molecule has 0 atom stereocenters. The zero-order valence-corrected chi connectivity index (χ0v) is 14.6. The van der Waals surface area contributed by atoms with E-state index in [1.54, 1.807) is 12.1 Å². The zero-order valence-electron chi connectivity index (χ0n) is 13.9. The van der Waals surface area contributed by atoms with E-state index in [-0.39, 0.29) is 17.6 Å². The fraction of sp³-hybridized carbons (Fsp3) is 0.118. The van der Waals surface area contributed by atoms with Gasteiger partial charge in [0.1, 0.15) is 5.16 Å². The maximum absolute atomic E-state index is 12.5. The number of nitrogens with zero attached hydrogens (tertiary/aromatic N) is 4. The van der Waals surface area contributed by atoms with Crippen molar-refractivity contribution in [2.45, 2.75) is 13.0 Å². The fourth-order valence-corrected chi connectivity index (χ4v) is 2.39. The number of aromatic nitrogens is 3. The number of alkyl halides is 2. The van der Waals surface area contributed by atoms with Gasteiger partial charge < -0.3 is 10.2 Å². The molecule has 0 spiro atoms. The van der Waals surface area contributed by atoms with E-state index in [4.69, 9.17) is 27.6 Å². The molecule has 3 rings (SSSR count). The number of hydrogen-bond acceptors (Lipinski definition) is 7. The van der Waals surface area contributed by atoms with Crippen LogP contribution in [-0.4, -0.2) is 20.2 Å². The number of hydrazine groups is 1. The number of benzene rings is 1. The molecular formula is C17H15ClF2N6O. The van der Waals surface area contributed by atoms with E-state index >= 15 is 0 Å². The third kappa shape index (κ3) is 4.39. The number of halogens is 3. The monoisotopic (exact) mass is 392 g/mol. The van der Waals surface area contributed by atoms with E-state index in [0.29, 0.717) is 17.0 Å². The first-order chi connectivity index (χ1) is 13.0. The largest absolute Gasteiger partial charge is 0.415 e. The summed E-state index contributed by atoms with van der Waals surface area (Å²) in [6, 6.07) is 12.4. The maximum Gasteiger partial charge on any atom is 0.314 e. The normalized spacial score (nSPS) is 12.2. The van der Waals surface area contributed by atoms with E-state index in [9.17, 15) is 8.78 Å². The van der Waals surface area contributed by atoms with Gasteiger partial charge in [-0.3, -0.25) is 9.99 Å². The van der Waals surface area contributed by atoms with Crippen LogP contribution in [0.2, 0.25) is 0 Å². The second kappa shape index (κ2) is 8.11. The van der Waals surface area contributed by atoms with Crippen LogP contribution in [0.1, 0.15) is 23.6 Å². The highest BCUT2D eigenvalue weighted by atomic mass is 35.5. The van der Waals surface area contributed by atoms with Gasteiger partial charge in [-0.05, 0) is 12.1 Å². The van der Waals surface area contributed by atoms with E-state index < -0.39 is 12.3 Å². The van der Waals surface area contributed by atoms with Crippen LogP contribution in [0.25, 0.3) is 17.2 Å². The summed E-state index contributed by atoms with van der Waals surface area (Å²) in [6.45, 7) is 0.179. The maximum atomic E-state index is 12.5. The SMILES string of the molecule is N/C(=C(/Cl)N(N)Cc1ccc(-c2nnc(C(F)F)o2)cn1)c1ccccc1. The van der Waals surface area contributed by atoms with Crippen LogP contribution in [0.3, 0.4) is 0 Å². The van der Waals surface area contributed by atoms with Gasteiger partial charge in [0.2, 0.25) is 5.89 Å². The van der Waals surface area contributed by atoms with Gasteiger partial charge in [-0.2, -0.15) is 8.78 Å². The molecule has 140 valence electrons. The Morgan fingerprint density at radius 3 is 2.48 bits per heavy atom.